The summed E-state index contributed by atoms with van der Waals surface area (Å²) in [5, 5.41) is 0. The van der Waals surface area contributed by atoms with Crippen molar-refractivity contribution in [1.82, 2.24) is 0 Å². The van der Waals surface area contributed by atoms with E-state index in [-0.39, 0.29) is 115 Å². The van der Waals surface area contributed by atoms with Gasteiger partial charge in [-0.25, -0.2) is 0 Å². The molecule has 0 atom stereocenters. The maximum atomic E-state index is 8.39. The Morgan fingerprint density at radius 1 is 1.50 bits per heavy atom. The molecule has 0 rings (SSSR count). The predicted octanol–water partition coefficient (Wildman–Crippen LogP) is -0.923. The molecule has 20 valence electrons. The summed E-state index contributed by atoms with van der Waals surface area (Å²) in [6.07, 6.45) is 0. The molecule has 0 radical (unpaired) electrons. The van der Waals surface area contributed by atoms with Crippen LogP contribution in [0, 0.1) is 41.7 Å². The summed E-state index contributed by atoms with van der Waals surface area (Å²) < 4.78 is 8.39. The van der Waals surface area contributed by atoms with E-state index >= 15 is 0 Å². The summed E-state index contributed by atoms with van der Waals surface area (Å²) in [7, 11) is 0. The first-order valence-electron chi connectivity index (χ1n) is 0.204. The first-order chi connectivity index (χ1) is 1.00. The fourth-order valence-corrected chi connectivity index (χ4v) is 0. The van der Waals surface area contributed by atoms with Crippen LogP contribution >= 0.6 is 0 Å². The van der Waals surface area contributed by atoms with Crippen LogP contribution in [0.15, 0.2) is 0 Å². The number of hydrogen-bond acceptors (Lipinski definition) is 1. The van der Waals surface area contributed by atoms with E-state index in [1.54, 1.807) is 0 Å². The molecule has 0 fully saturated rings. The van der Waals surface area contributed by atoms with Crippen LogP contribution in [0.3, 0.4) is 0 Å². The monoisotopic (exact) mass is 456 g/mol. The fraction of sp³-hybridized carbons (Fsp3) is 0. The quantitative estimate of drug-likeness (QED) is 0.432. The molecule has 0 aromatic heterocycles. The van der Waals surface area contributed by atoms with Gasteiger partial charge in [-0.05, 0) is 0 Å². The molecule has 0 aromatic rings. The summed E-state index contributed by atoms with van der Waals surface area (Å²) in [5.41, 5.74) is 0. The van der Waals surface area contributed by atoms with Gasteiger partial charge in [-0.1, -0.05) is 0 Å². The van der Waals surface area contributed by atoms with Crippen molar-refractivity contribution in [3.63, 3.8) is 0 Å². The molecule has 0 bridgehead atoms. The van der Waals surface area contributed by atoms with Crippen molar-refractivity contribution in [3.05, 3.63) is 0 Å². The molecule has 4 heteroatoms. The third-order valence-corrected chi connectivity index (χ3v) is 0. The first kappa shape index (κ1) is 15.6. The molecular weight excluding hydrogens is 453 g/mol. The topological polar surface area (TPSA) is 17.1 Å². The van der Waals surface area contributed by atoms with Crippen LogP contribution in [0.25, 0.3) is 0 Å². The molecule has 0 aliphatic heterocycles. The third-order valence-electron chi connectivity index (χ3n) is 0. The van der Waals surface area contributed by atoms with Gasteiger partial charge in [0.25, 0.3) is 0 Å². The molecule has 0 amide bonds. The Morgan fingerprint density at radius 2 is 1.50 bits per heavy atom. The Labute approximate surface area is 114 Å². The van der Waals surface area contributed by atoms with Gasteiger partial charge < -0.3 is 2.85 Å². The Hall–Kier alpha value is 3.54. The summed E-state index contributed by atoms with van der Waals surface area (Å²) in [6, 6.07) is 0. The van der Waals surface area contributed by atoms with Crippen LogP contribution in [0.4, 0.5) is 0 Å². The van der Waals surface area contributed by atoms with Crippen molar-refractivity contribution >= 4 is 70.2 Å². The minimum atomic E-state index is 0. The van der Waals surface area contributed by atoms with E-state index < -0.39 is 0 Å². The molecule has 0 aromatic carbocycles. The fourth-order valence-electron chi connectivity index (χ4n) is 0. The van der Waals surface area contributed by atoms with Gasteiger partial charge in [-0.15, -0.1) is 0 Å². The summed E-state index contributed by atoms with van der Waals surface area (Å²) >= 11 is 0.0556. The zero-order valence-corrected chi connectivity index (χ0v) is 12.6. The number of rotatable bonds is 0. The minimum absolute atomic E-state index is 0. The van der Waals surface area contributed by atoms with Crippen molar-refractivity contribution < 1.29 is 47.4 Å². The summed E-state index contributed by atoms with van der Waals surface area (Å²) in [5.74, 6) is 0. The summed E-state index contributed by atoms with van der Waals surface area (Å²) in [4.78, 5) is 0. The molecule has 0 saturated carbocycles. The molecule has 0 aliphatic carbocycles. The average Bonchev–Trinajstić information content (AvgIpc) is 1.00. The van der Waals surface area contributed by atoms with Crippen molar-refractivity contribution in [2.45, 2.75) is 0 Å². The van der Waals surface area contributed by atoms with Gasteiger partial charge in [0.15, 0.2) is 0 Å². The number of hydrogen-bond donors (Lipinski definition) is 0. The smallest absolute Gasteiger partial charge is 2.00 e. The summed E-state index contributed by atoms with van der Waals surface area (Å²) in [6.45, 7) is 0. The second kappa shape index (κ2) is 16.0. The zero-order valence-electron chi connectivity index (χ0n) is 4.12. The molecule has 0 heterocycles. The van der Waals surface area contributed by atoms with Gasteiger partial charge >= 0.3 is 73.0 Å². The van der Waals surface area contributed by atoms with Crippen LogP contribution in [-0.2, 0) is 2.81 Å². The zero-order chi connectivity index (χ0) is 2.00. The van der Waals surface area contributed by atoms with Crippen molar-refractivity contribution in [2.24, 2.45) is 0 Å². The Bertz CT molecular complexity index is 13.5. The van der Waals surface area contributed by atoms with Crippen LogP contribution in [-0.4, -0.2) is 70.2 Å². The second-order valence-electron chi connectivity index (χ2n) is 0. The van der Waals surface area contributed by atoms with E-state index in [4.69, 9.17) is 2.81 Å². The van der Waals surface area contributed by atoms with Gasteiger partial charge in [0, 0.05) is 41.7 Å². The SMILES string of the molecule is [Ce].[H-].[H-].[O]=[BiH].[Sr+2]. The average molecular weight is 456 g/mol. The van der Waals surface area contributed by atoms with Crippen LogP contribution in [0.2, 0.25) is 0 Å². The van der Waals surface area contributed by atoms with Crippen LogP contribution in [0.5, 0.6) is 0 Å². The van der Waals surface area contributed by atoms with Gasteiger partial charge in [0.2, 0.25) is 0 Å². The first-order valence-corrected chi connectivity index (χ1v) is 1.79. The van der Waals surface area contributed by atoms with E-state index in [0.717, 1.165) is 0 Å². The molecule has 0 N–H and O–H groups in total. The van der Waals surface area contributed by atoms with E-state index in [1.807, 2.05) is 0 Å². The van der Waals surface area contributed by atoms with E-state index in [2.05, 4.69) is 0 Å². The maximum Gasteiger partial charge on any atom is 2.00 e. The Kier molecular flexibility index (Phi) is 62.7. The molecule has 1 nitrogen and oxygen atoms in total. The van der Waals surface area contributed by atoms with Gasteiger partial charge in [0.1, 0.15) is 0 Å². The third kappa shape index (κ3) is 9.11. The van der Waals surface area contributed by atoms with Crippen molar-refractivity contribution in [2.75, 3.05) is 0 Å². The minimum Gasteiger partial charge on any atom is 2.00 e. The normalized spacial score (nSPS) is 1.00. The second-order valence-corrected chi connectivity index (χ2v) is 0. The van der Waals surface area contributed by atoms with Crippen molar-refractivity contribution in [3.8, 4) is 0 Å². The van der Waals surface area contributed by atoms with E-state index in [9.17, 15) is 0 Å². The van der Waals surface area contributed by atoms with Crippen LogP contribution < -0.4 is 0 Å². The molecule has 0 spiro atoms. The maximum absolute atomic E-state index is 8.39. The Morgan fingerprint density at radius 3 is 1.50 bits per heavy atom. The molecular formula is H3BiCeOSr. The standard InChI is InChI=1S/Bi.Ce.O.Sr.3H/q;;;+2;;2*-1. The molecule has 0 aliphatic rings. The van der Waals surface area contributed by atoms with Gasteiger partial charge in [-0.3, -0.25) is 0 Å². The van der Waals surface area contributed by atoms with Gasteiger partial charge in [0.05, 0.1) is 0 Å². The molecule has 4 heavy (non-hydrogen) atoms. The Balaban J connectivity index is -0.000000000833. The van der Waals surface area contributed by atoms with Gasteiger partial charge in [-0.2, -0.15) is 0 Å². The predicted molar refractivity (Wildman–Crippen MR) is 15.8 cm³/mol. The molecule has 0 saturated heterocycles. The van der Waals surface area contributed by atoms with Crippen LogP contribution in [0.1, 0.15) is 2.85 Å². The molecule has 0 unspecified atom stereocenters. The van der Waals surface area contributed by atoms with Crippen molar-refractivity contribution in [1.29, 1.82) is 0 Å². The largest absolute Gasteiger partial charge is 2.00 e. The van der Waals surface area contributed by atoms with E-state index in [1.165, 1.54) is 0 Å². The van der Waals surface area contributed by atoms with E-state index in [0.29, 0.717) is 0 Å².